The molecule has 1 saturated heterocycles. The number of thiazole rings is 1. The van der Waals surface area contributed by atoms with Gasteiger partial charge < -0.3 is 10.0 Å². The highest BCUT2D eigenvalue weighted by atomic mass is 32.1. The molecule has 128 valence electrons. The Morgan fingerprint density at radius 1 is 1.33 bits per heavy atom. The molecular formula is C17H22N4O2S. The molecule has 2 aromatic rings. The van der Waals surface area contributed by atoms with Gasteiger partial charge in [0.25, 0.3) is 0 Å². The predicted octanol–water partition coefficient (Wildman–Crippen LogP) is 3.45. The SMILES string of the molecule is Cc1cc(C(C)C)nc(N2CCC(c3ncc(C(=O)O)s3)CC2)n1. The fourth-order valence-corrected chi connectivity index (χ4v) is 3.84. The summed E-state index contributed by atoms with van der Waals surface area (Å²) in [6, 6.07) is 2.05. The minimum Gasteiger partial charge on any atom is -0.477 e. The molecule has 1 aliphatic rings. The molecule has 0 atom stereocenters. The van der Waals surface area contributed by atoms with Crippen LogP contribution in [0.1, 0.15) is 64.6 Å². The van der Waals surface area contributed by atoms with Gasteiger partial charge in [-0.15, -0.1) is 11.3 Å². The number of carboxylic acid groups (broad SMARTS) is 1. The van der Waals surface area contributed by atoms with Gasteiger partial charge >= 0.3 is 5.97 Å². The zero-order chi connectivity index (χ0) is 17.3. The lowest BCUT2D eigenvalue weighted by atomic mass is 9.98. The summed E-state index contributed by atoms with van der Waals surface area (Å²) in [5.74, 6) is 0.620. The molecule has 0 aliphatic carbocycles. The topological polar surface area (TPSA) is 79.2 Å². The minimum absolute atomic E-state index is 0.316. The second-order valence-corrected chi connectivity index (χ2v) is 7.58. The van der Waals surface area contributed by atoms with Gasteiger partial charge in [0.2, 0.25) is 5.95 Å². The average Bonchev–Trinajstić information content (AvgIpc) is 3.04. The van der Waals surface area contributed by atoms with E-state index in [4.69, 9.17) is 10.1 Å². The molecule has 1 fully saturated rings. The number of hydrogen-bond donors (Lipinski definition) is 1. The highest BCUT2D eigenvalue weighted by Crippen LogP contribution is 2.32. The van der Waals surface area contributed by atoms with Crippen molar-refractivity contribution in [2.75, 3.05) is 18.0 Å². The fraction of sp³-hybridized carbons (Fsp3) is 0.529. The van der Waals surface area contributed by atoms with E-state index in [-0.39, 0.29) is 0 Å². The van der Waals surface area contributed by atoms with Crippen molar-refractivity contribution in [3.05, 3.63) is 33.5 Å². The van der Waals surface area contributed by atoms with E-state index in [1.165, 1.54) is 17.5 Å². The number of rotatable bonds is 4. The summed E-state index contributed by atoms with van der Waals surface area (Å²) in [6.07, 6.45) is 3.36. The molecule has 0 radical (unpaired) electrons. The summed E-state index contributed by atoms with van der Waals surface area (Å²) < 4.78 is 0. The molecule has 2 aromatic heterocycles. The van der Waals surface area contributed by atoms with Crippen molar-refractivity contribution in [2.24, 2.45) is 0 Å². The number of hydrogen-bond acceptors (Lipinski definition) is 6. The number of piperidine rings is 1. The van der Waals surface area contributed by atoms with Crippen LogP contribution in [0.15, 0.2) is 12.3 Å². The van der Waals surface area contributed by atoms with Crippen molar-refractivity contribution >= 4 is 23.3 Å². The Morgan fingerprint density at radius 3 is 2.62 bits per heavy atom. The Balaban J connectivity index is 1.69. The molecule has 0 amide bonds. The number of carboxylic acids is 1. The van der Waals surface area contributed by atoms with Crippen molar-refractivity contribution in [3.8, 4) is 0 Å². The number of nitrogens with zero attached hydrogens (tertiary/aromatic N) is 4. The molecule has 1 aliphatic heterocycles. The van der Waals surface area contributed by atoms with Gasteiger partial charge in [-0.3, -0.25) is 0 Å². The molecular weight excluding hydrogens is 324 g/mol. The van der Waals surface area contributed by atoms with Crippen molar-refractivity contribution in [1.82, 2.24) is 15.0 Å². The highest BCUT2D eigenvalue weighted by molar-refractivity contribution is 7.13. The summed E-state index contributed by atoms with van der Waals surface area (Å²) in [5, 5.41) is 9.96. The van der Waals surface area contributed by atoms with Crippen molar-refractivity contribution in [1.29, 1.82) is 0 Å². The summed E-state index contributed by atoms with van der Waals surface area (Å²) in [4.78, 5) is 27.1. The smallest absolute Gasteiger partial charge is 0.347 e. The second kappa shape index (κ2) is 6.84. The lowest BCUT2D eigenvalue weighted by Gasteiger charge is -2.31. The van der Waals surface area contributed by atoms with Crippen LogP contribution < -0.4 is 4.90 Å². The van der Waals surface area contributed by atoms with E-state index in [0.29, 0.717) is 16.7 Å². The average molecular weight is 346 g/mol. The molecule has 0 saturated carbocycles. The van der Waals surface area contributed by atoms with Gasteiger partial charge in [0, 0.05) is 30.4 Å². The number of aromatic nitrogens is 3. The Kier molecular flexibility index (Phi) is 4.80. The van der Waals surface area contributed by atoms with Gasteiger partial charge in [-0.1, -0.05) is 13.8 Å². The van der Waals surface area contributed by atoms with E-state index < -0.39 is 5.97 Å². The fourth-order valence-electron chi connectivity index (χ4n) is 2.92. The summed E-state index contributed by atoms with van der Waals surface area (Å²) in [5.41, 5.74) is 2.07. The van der Waals surface area contributed by atoms with Crippen LogP contribution in [0.2, 0.25) is 0 Å². The van der Waals surface area contributed by atoms with Crippen LogP contribution in [-0.4, -0.2) is 39.1 Å². The first-order valence-corrected chi connectivity index (χ1v) is 9.05. The molecule has 1 N–H and O–H groups in total. The van der Waals surface area contributed by atoms with E-state index in [1.54, 1.807) is 0 Å². The minimum atomic E-state index is -0.898. The Morgan fingerprint density at radius 2 is 2.04 bits per heavy atom. The maximum atomic E-state index is 11.0. The van der Waals surface area contributed by atoms with Gasteiger partial charge in [-0.05, 0) is 31.7 Å². The normalized spacial score (nSPS) is 15.9. The van der Waals surface area contributed by atoms with Crippen molar-refractivity contribution in [2.45, 2.75) is 45.4 Å². The van der Waals surface area contributed by atoms with Gasteiger partial charge in [0.05, 0.1) is 11.2 Å². The molecule has 0 spiro atoms. The van der Waals surface area contributed by atoms with Crippen molar-refractivity contribution < 1.29 is 9.90 Å². The van der Waals surface area contributed by atoms with E-state index in [1.807, 2.05) is 13.0 Å². The first-order chi connectivity index (χ1) is 11.4. The van der Waals surface area contributed by atoms with Crippen molar-refractivity contribution in [3.63, 3.8) is 0 Å². The zero-order valence-electron chi connectivity index (χ0n) is 14.2. The molecule has 24 heavy (non-hydrogen) atoms. The van der Waals surface area contributed by atoms with Gasteiger partial charge in [-0.25, -0.2) is 19.7 Å². The van der Waals surface area contributed by atoms with Crippen LogP contribution in [0.25, 0.3) is 0 Å². The van der Waals surface area contributed by atoms with Crippen LogP contribution in [0.4, 0.5) is 5.95 Å². The number of anilines is 1. The predicted molar refractivity (Wildman–Crippen MR) is 94.1 cm³/mol. The Hall–Kier alpha value is -2.02. The monoisotopic (exact) mass is 346 g/mol. The number of aryl methyl sites for hydroxylation is 1. The van der Waals surface area contributed by atoms with E-state index in [2.05, 4.69) is 28.7 Å². The molecule has 0 bridgehead atoms. The molecule has 0 unspecified atom stereocenters. The van der Waals surface area contributed by atoms with E-state index >= 15 is 0 Å². The van der Waals surface area contributed by atoms with Crippen LogP contribution in [0.5, 0.6) is 0 Å². The number of aromatic carboxylic acids is 1. The summed E-state index contributed by atoms with van der Waals surface area (Å²) in [7, 11) is 0. The van der Waals surface area contributed by atoms with Crippen LogP contribution >= 0.6 is 11.3 Å². The zero-order valence-corrected chi connectivity index (χ0v) is 15.0. The lowest BCUT2D eigenvalue weighted by molar-refractivity contribution is 0.0702. The lowest BCUT2D eigenvalue weighted by Crippen LogP contribution is -2.34. The van der Waals surface area contributed by atoms with E-state index in [0.717, 1.165) is 48.3 Å². The highest BCUT2D eigenvalue weighted by Gasteiger charge is 2.25. The third-order valence-electron chi connectivity index (χ3n) is 4.32. The first-order valence-electron chi connectivity index (χ1n) is 8.23. The number of carbonyl (C=O) groups is 1. The van der Waals surface area contributed by atoms with E-state index in [9.17, 15) is 4.79 Å². The third-order valence-corrected chi connectivity index (χ3v) is 5.46. The van der Waals surface area contributed by atoms with Crippen LogP contribution in [0, 0.1) is 6.92 Å². The molecule has 0 aromatic carbocycles. The summed E-state index contributed by atoms with van der Waals surface area (Å²) >= 11 is 1.29. The van der Waals surface area contributed by atoms with Gasteiger partial charge in [0.1, 0.15) is 4.88 Å². The molecule has 3 heterocycles. The second-order valence-electron chi connectivity index (χ2n) is 6.52. The van der Waals surface area contributed by atoms with Gasteiger partial charge in [-0.2, -0.15) is 0 Å². The van der Waals surface area contributed by atoms with Crippen LogP contribution in [-0.2, 0) is 0 Å². The quantitative estimate of drug-likeness (QED) is 0.913. The maximum Gasteiger partial charge on any atom is 0.347 e. The van der Waals surface area contributed by atoms with Crippen LogP contribution in [0.3, 0.4) is 0 Å². The van der Waals surface area contributed by atoms with Gasteiger partial charge in [0.15, 0.2) is 0 Å². The molecule has 6 nitrogen and oxygen atoms in total. The summed E-state index contributed by atoms with van der Waals surface area (Å²) in [6.45, 7) is 8.02. The largest absolute Gasteiger partial charge is 0.477 e. The standard InChI is InChI=1S/C17H22N4O2S/c1-10(2)13-8-11(3)19-17(20-13)21-6-4-12(5-7-21)15-18-9-14(24-15)16(22)23/h8-10,12H,4-7H2,1-3H3,(H,22,23). The maximum absolute atomic E-state index is 11.0. The molecule has 3 rings (SSSR count). The molecule has 7 heteroatoms. The Labute approximate surface area is 145 Å². The first kappa shape index (κ1) is 16.8. The Bertz CT molecular complexity index is 736. The third kappa shape index (κ3) is 3.56.